The molecule has 5 nitrogen and oxygen atoms in total. The van der Waals surface area contributed by atoms with Crippen LogP contribution in [0.2, 0.25) is 4.34 Å². The lowest BCUT2D eigenvalue weighted by atomic mass is 10.1. The molecule has 1 aromatic carbocycles. The summed E-state index contributed by atoms with van der Waals surface area (Å²) in [6.07, 6.45) is 4.20. The van der Waals surface area contributed by atoms with Gasteiger partial charge in [-0.2, -0.15) is 5.10 Å². The van der Waals surface area contributed by atoms with Crippen LogP contribution in [0.15, 0.2) is 59.1 Å². The van der Waals surface area contributed by atoms with Crippen LogP contribution >= 0.6 is 22.9 Å². The summed E-state index contributed by atoms with van der Waals surface area (Å²) in [6, 6.07) is 12.8. The number of nitrogens with zero attached hydrogens (tertiary/aromatic N) is 2. The number of halogens is 1. The Morgan fingerprint density at radius 3 is 2.57 bits per heavy atom. The molecule has 0 atom stereocenters. The molecule has 1 N–H and O–H groups in total. The van der Waals surface area contributed by atoms with Crippen molar-refractivity contribution in [1.29, 1.82) is 0 Å². The second-order valence-electron chi connectivity index (χ2n) is 4.82. The standard InChI is InChI=1S/C15H14ClN3O2S2/c16-14-6-7-15(22-14)23(20,21)18-10-8-12-2-4-13(5-3-12)19-11-1-9-17-19/h1-7,9,11,18H,8,10H2. The van der Waals surface area contributed by atoms with Gasteiger partial charge in [-0.15, -0.1) is 11.3 Å². The van der Waals surface area contributed by atoms with Crippen molar-refractivity contribution in [2.75, 3.05) is 6.54 Å². The number of hydrogen-bond acceptors (Lipinski definition) is 4. The van der Waals surface area contributed by atoms with E-state index in [1.165, 1.54) is 6.07 Å². The molecular weight excluding hydrogens is 354 g/mol. The highest BCUT2D eigenvalue weighted by atomic mass is 35.5. The summed E-state index contributed by atoms with van der Waals surface area (Å²) in [5.41, 5.74) is 2.01. The molecule has 0 radical (unpaired) electrons. The summed E-state index contributed by atoms with van der Waals surface area (Å²) in [5.74, 6) is 0. The van der Waals surface area contributed by atoms with Gasteiger partial charge >= 0.3 is 0 Å². The average molecular weight is 368 g/mol. The summed E-state index contributed by atoms with van der Waals surface area (Å²) >= 11 is 6.82. The first kappa shape index (κ1) is 16.2. The predicted octanol–water partition coefficient (Wildman–Crippen LogP) is 3.11. The first-order valence-electron chi connectivity index (χ1n) is 6.88. The fraction of sp³-hybridized carbons (Fsp3) is 0.133. The van der Waals surface area contributed by atoms with E-state index in [0.29, 0.717) is 17.3 Å². The van der Waals surface area contributed by atoms with E-state index in [0.717, 1.165) is 22.6 Å². The molecule has 0 bridgehead atoms. The lowest BCUT2D eigenvalue weighted by Crippen LogP contribution is -2.25. The fourth-order valence-corrected chi connectivity index (χ4v) is 4.64. The third-order valence-electron chi connectivity index (χ3n) is 3.22. The van der Waals surface area contributed by atoms with Gasteiger partial charge in [0.05, 0.1) is 10.0 Å². The van der Waals surface area contributed by atoms with Crippen molar-refractivity contribution >= 4 is 33.0 Å². The minimum absolute atomic E-state index is 0.233. The Bertz CT molecular complexity index is 872. The first-order chi connectivity index (χ1) is 11.0. The van der Waals surface area contributed by atoms with E-state index in [2.05, 4.69) is 9.82 Å². The number of hydrogen-bond donors (Lipinski definition) is 1. The van der Waals surface area contributed by atoms with E-state index in [1.54, 1.807) is 16.9 Å². The molecule has 0 saturated heterocycles. The number of nitrogens with one attached hydrogen (secondary N) is 1. The van der Waals surface area contributed by atoms with Crippen molar-refractivity contribution in [2.24, 2.45) is 0 Å². The van der Waals surface area contributed by atoms with Crippen LogP contribution in [0, 0.1) is 0 Å². The molecule has 0 saturated carbocycles. The highest BCUT2D eigenvalue weighted by molar-refractivity contribution is 7.91. The van der Waals surface area contributed by atoms with Gasteiger partial charge in [-0.25, -0.2) is 17.8 Å². The predicted molar refractivity (Wildman–Crippen MR) is 91.8 cm³/mol. The van der Waals surface area contributed by atoms with E-state index in [-0.39, 0.29) is 4.21 Å². The van der Waals surface area contributed by atoms with Gasteiger partial charge in [-0.1, -0.05) is 23.7 Å². The van der Waals surface area contributed by atoms with Crippen molar-refractivity contribution in [1.82, 2.24) is 14.5 Å². The van der Waals surface area contributed by atoms with E-state index in [9.17, 15) is 8.42 Å². The maximum absolute atomic E-state index is 12.1. The second kappa shape index (κ2) is 6.84. The van der Waals surface area contributed by atoms with Crippen molar-refractivity contribution in [2.45, 2.75) is 10.6 Å². The highest BCUT2D eigenvalue weighted by Gasteiger charge is 2.15. The van der Waals surface area contributed by atoms with E-state index >= 15 is 0 Å². The van der Waals surface area contributed by atoms with Gasteiger partial charge in [0.15, 0.2) is 0 Å². The summed E-state index contributed by atoms with van der Waals surface area (Å²) in [4.78, 5) is 0. The van der Waals surface area contributed by atoms with Gasteiger partial charge < -0.3 is 0 Å². The molecule has 3 aromatic rings. The Morgan fingerprint density at radius 1 is 1.17 bits per heavy atom. The number of thiophene rings is 1. The summed E-state index contributed by atoms with van der Waals surface area (Å²) in [7, 11) is -3.48. The Morgan fingerprint density at radius 2 is 1.96 bits per heavy atom. The number of aromatic nitrogens is 2. The topological polar surface area (TPSA) is 64.0 Å². The third kappa shape index (κ3) is 4.00. The Labute approximate surface area is 143 Å². The Balaban J connectivity index is 1.58. The van der Waals surface area contributed by atoms with Gasteiger partial charge in [0, 0.05) is 18.9 Å². The molecule has 8 heteroatoms. The number of rotatable bonds is 6. The zero-order valence-electron chi connectivity index (χ0n) is 12.0. The van der Waals surface area contributed by atoms with Gasteiger partial charge in [0.2, 0.25) is 10.0 Å². The molecule has 120 valence electrons. The molecule has 2 aromatic heterocycles. The maximum Gasteiger partial charge on any atom is 0.250 e. The molecule has 0 spiro atoms. The number of benzene rings is 1. The summed E-state index contributed by atoms with van der Waals surface area (Å²) < 4.78 is 29.2. The van der Waals surface area contributed by atoms with Crippen LogP contribution < -0.4 is 4.72 Å². The van der Waals surface area contributed by atoms with Crippen LogP contribution in [0.4, 0.5) is 0 Å². The lowest BCUT2D eigenvalue weighted by Gasteiger charge is -2.06. The summed E-state index contributed by atoms with van der Waals surface area (Å²) in [5, 5.41) is 4.16. The van der Waals surface area contributed by atoms with E-state index in [4.69, 9.17) is 11.6 Å². The lowest BCUT2D eigenvalue weighted by molar-refractivity contribution is 0.584. The average Bonchev–Trinajstić information content (AvgIpc) is 3.19. The van der Waals surface area contributed by atoms with Crippen LogP contribution in [0.1, 0.15) is 5.56 Å². The minimum atomic E-state index is -3.48. The Kier molecular flexibility index (Phi) is 4.82. The molecule has 0 unspecified atom stereocenters. The smallest absolute Gasteiger partial charge is 0.241 e. The molecule has 0 aliphatic rings. The molecule has 0 amide bonds. The minimum Gasteiger partial charge on any atom is -0.241 e. The quantitative estimate of drug-likeness (QED) is 0.728. The molecule has 0 fully saturated rings. The van der Waals surface area contributed by atoms with Crippen molar-refractivity contribution < 1.29 is 8.42 Å². The monoisotopic (exact) mass is 367 g/mol. The van der Waals surface area contributed by atoms with Crippen molar-refractivity contribution in [3.8, 4) is 5.69 Å². The largest absolute Gasteiger partial charge is 0.250 e. The molecule has 0 aliphatic heterocycles. The van der Waals surface area contributed by atoms with E-state index in [1.807, 2.05) is 36.5 Å². The third-order valence-corrected chi connectivity index (χ3v) is 6.41. The molecule has 23 heavy (non-hydrogen) atoms. The number of sulfonamides is 1. The second-order valence-corrected chi connectivity index (χ2v) is 8.53. The Hall–Kier alpha value is -1.67. The van der Waals surface area contributed by atoms with Crippen LogP contribution in [-0.4, -0.2) is 24.7 Å². The van der Waals surface area contributed by atoms with Crippen molar-refractivity contribution in [3.05, 3.63) is 64.8 Å². The molecule has 3 rings (SSSR count). The van der Waals surface area contributed by atoms with Crippen molar-refractivity contribution in [3.63, 3.8) is 0 Å². The van der Waals surface area contributed by atoms with Gasteiger partial charge in [0.25, 0.3) is 0 Å². The van der Waals surface area contributed by atoms with Crippen LogP contribution in [0.5, 0.6) is 0 Å². The highest BCUT2D eigenvalue weighted by Crippen LogP contribution is 2.25. The van der Waals surface area contributed by atoms with Gasteiger partial charge in [-0.05, 0) is 42.3 Å². The van der Waals surface area contributed by atoms with Gasteiger partial charge in [-0.3, -0.25) is 0 Å². The zero-order chi connectivity index (χ0) is 16.3. The van der Waals surface area contributed by atoms with E-state index < -0.39 is 10.0 Å². The first-order valence-corrected chi connectivity index (χ1v) is 9.56. The van der Waals surface area contributed by atoms with Crippen LogP contribution in [0.25, 0.3) is 5.69 Å². The summed E-state index contributed by atoms with van der Waals surface area (Å²) in [6.45, 7) is 0.332. The SMILES string of the molecule is O=S(=O)(NCCc1ccc(-n2cccn2)cc1)c1ccc(Cl)s1. The zero-order valence-corrected chi connectivity index (χ0v) is 14.4. The molecule has 2 heterocycles. The van der Waals surface area contributed by atoms with Crippen LogP contribution in [0.3, 0.4) is 0 Å². The molecular formula is C15H14ClN3O2S2. The van der Waals surface area contributed by atoms with Gasteiger partial charge in [0.1, 0.15) is 4.21 Å². The fourth-order valence-electron chi connectivity index (χ4n) is 2.08. The molecule has 0 aliphatic carbocycles. The maximum atomic E-state index is 12.1. The van der Waals surface area contributed by atoms with Crippen LogP contribution in [-0.2, 0) is 16.4 Å². The normalized spacial score (nSPS) is 11.7.